The number of thiophene rings is 1. The number of halogens is 2. The van der Waals surface area contributed by atoms with Crippen molar-refractivity contribution in [1.29, 1.82) is 0 Å². The van der Waals surface area contributed by atoms with E-state index in [0.29, 0.717) is 32.2 Å². The summed E-state index contributed by atoms with van der Waals surface area (Å²) in [6, 6.07) is 6.79. The molecule has 9 heteroatoms. The Morgan fingerprint density at radius 1 is 1.28 bits per heavy atom. The van der Waals surface area contributed by atoms with E-state index in [1.807, 2.05) is 7.05 Å². The molecule has 1 heterocycles. The maximum Gasteiger partial charge on any atom is 0.280 e. The average molecular weight is 401 g/mol. The monoisotopic (exact) mass is 400 g/mol. The Bertz CT molecular complexity index is 788. The highest BCUT2D eigenvalue weighted by atomic mass is 35.5. The zero-order chi connectivity index (χ0) is 18.4. The zero-order valence-corrected chi connectivity index (χ0v) is 15.8. The Morgan fingerprint density at radius 2 is 2.04 bits per heavy atom. The van der Waals surface area contributed by atoms with Gasteiger partial charge < -0.3 is 21.5 Å². The first kappa shape index (κ1) is 19.5. The number of ether oxygens (including phenoxy) is 1. The van der Waals surface area contributed by atoms with Crippen LogP contribution in [-0.4, -0.2) is 32.1 Å². The number of rotatable bonds is 7. The van der Waals surface area contributed by atoms with Crippen LogP contribution in [0, 0.1) is 0 Å². The molecule has 0 radical (unpaired) electrons. The van der Waals surface area contributed by atoms with Gasteiger partial charge in [-0.05, 0) is 49.8 Å². The summed E-state index contributed by atoms with van der Waals surface area (Å²) in [4.78, 5) is 15.8. The lowest BCUT2D eigenvalue weighted by Gasteiger charge is -2.10. The van der Waals surface area contributed by atoms with Crippen LogP contribution in [-0.2, 0) is 0 Å². The molecule has 0 aliphatic heterocycles. The molecule has 1 aromatic carbocycles. The van der Waals surface area contributed by atoms with Crippen molar-refractivity contribution < 1.29 is 9.53 Å². The fraction of sp³-hybridized carbons (Fsp3) is 0.250. The van der Waals surface area contributed by atoms with Gasteiger partial charge in [-0.3, -0.25) is 4.79 Å². The van der Waals surface area contributed by atoms with Gasteiger partial charge in [-0.25, -0.2) is 0 Å². The van der Waals surface area contributed by atoms with E-state index in [0.717, 1.165) is 18.5 Å². The second-order valence-electron chi connectivity index (χ2n) is 5.13. The number of carbonyl (C=O) groups is 1. The van der Waals surface area contributed by atoms with Crippen LogP contribution in [0.2, 0.25) is 8.67 Å². The third-order valence-electron chi connectivity index (χ3n) is 3.19. The number of hydrogen-bond donors (Lipinski definition) is 3. The summed E-state index contributed by atoms with van der Waals surface area (Å²) in [7, 11) is 1.87. The van der Waals surface area contributed by atoms with Crippen molar-refractivity contribution in [3.63, 3.8) is 0 Å². The van der Waals surface area contributed by atoms with E-state index in [9.17, 15) is 4.79 Å². The standard InChI is InChI=1S/C16H18Cl2N4O2S/c1-21-3-2-4-24-11-6-9(12-8-13(17)25-14(12)18)5-10(7-11)15(23)22-16(19)20/h5-8,21H,2-4H2,1H3,(H4,19,20,22,23). The highest BCUT2D eigenvalue weighted by molar-refractivity contribution is 7.20. The first-order valence-electron chi connectivity index (χ1n) is 7.42. The van der Waals surface area contributed by atoms with Crippen LogP contribution in [0.15, 0.2) is 29.3 Å². The third kappa shape index (κ3) is 5.61. The Kier molecular flexibility index (Phi) is 7.07. The van der Waals surface area contributed by atoms with Gasteiger partial charge in [-0.15, -0.1) is 11.3 Å². The van der Waals surface area contributed by atoms with Gasteiger partial charge in [-0.2, -0.15) is 4.99 Å². The van der Waals surface area contributed by atoms with Gasteiger partial charge in [0.25, 0.3) is 5.91 Å². The third-order valence-corrected chi connectivity index (χ3v) is 4.68. The van der Waals surface area contributed by atoms with Crippen molar-refractivity contribution in [3.05, 3.63) is 38.5 Å². The fourth-order valence-electron chi connectivity index (χ4n) is 2.12. The molecule has 0 saturated heterocycles. The summed E-state index contributed by atoms with van der Waals surface area (Å²) in [5, 5.41) is 3.04. The molecule has 6 nitrogen and oxygen atoms in total. The minimum absolute atomic E-state index is 0.299. The number of nitrogens with zero attached hydrogens (tertiary/aromatic N) is 1. The predicted molar refractivity (Wildman–Crippen MR) is 104 cm³/mol. The van der Waals surface area contributed by atoms with Crippen LogP contribution in [0.1, 0.15) is 16.8 Å². The van der Waals surface area contributed by atoms with Gasteiger partial charge in [-0.1, -0.05) is 23.2 Å². The van der Waals surface area contributed by atoms with Crippen LogP contribution in [0.4, 0.5) is 0 Å². The summed E-state index contributed by atoms with van der Waals surface area (Å²) < 4.78 is 6.82. The van der Waals surface area contributed by atoms with Crippen molar-refractivity contribution in [2.24, 2.45) is 16.5 Å². The van der Waals surface area contributed by atoms with E-state index in [1.165, 1.54) is 11.3 Å². The van der Waals surface area contributed by atoms with Crippen molar-refractivity contribution in [2.45, 2.75) is 6.42 Å². The molecule has 0 fully saturated rings. The van der Waals surface area contributed by atoms with Crippen LogP contribution in [0.25, 0.3) is 11.1 Å². The van der Waals surface area contributed by atoms with Crippen molar-refractivity contribution in [3.8, 4) is 16.9 Å². The summed E-state index contributed by atoms with van der Waals surface area (Å²) in [5.41, 5.74) is 12.3. The normalized spacial score (nSPS) is 10.5. The average Bonchev–Trinajstić information content (AvgIpc) is 2.89. The largest absolute Gasteiger partial charge is 0.494 e. The minimum Gasteiger partial charge on any atom is -0.494 e. The van der Waals surface area contributed by atoms with E-state index in [-0.39, 0.29) is 5.96 Å². The number of amides is 1. The molecule has 1 aromatic heterocycles. The maximum absolute atomic E-state index is 12.2. The molecule has 0 bridgehead atoms. The molecular formula is C16H18Cl2N4O2S. The Morgan fingerprint density at radius 3 is 2.64 bits per heavy atom. The van der Waals surface area contributed by atoms with Gasteiger partial charge in [0.15, 0.2) is 5.96 Å². The number of nitrogens with two attached hydrogens (primary N) is 2. The highest BCUT2D eigenvalue weighted by Crippen LogP contribution is 2.39. The van der Waals surface area contributed by atoms with Crippen LogP contribution in [0.3, 0.4) is 0 Å². The number of aliphatic imine (C=N–C) groups is 1. The molecule has 0 atom stereocenters. The van der Waals surface area contributed by atoms with E-state index < -0.39 is 5.91 Å². The lowest BCUT2D eigenvalue weighted by atomic mass is 10.0. The second kappa shape index (κ2) is 9.05. The SMILES string of the molecule is CNCCCOc1cc(C(=O)N=C(N)N)cc(-c2cc(Cl)sc2Cl)c1. The zero-order valence-electron chi connectivity index (χ0n) is 13.5. The van der Waals surface area contributed by atoms with E-state index in [1.54, 1.807) is 24.3 Å². The predicted octanol–water partition coefficient (Wildman–Crippen LogP) is 3.12. The lowest BCUT2D eigenvalue weighted by molar-refractivity contribution is 0.100. The number of nitrogens with one attached hydrogen (secondary N) is 1. The number of benzene rings is 1. The molecule has 0 aliphatic carbocycles. The summed E-state index contributed by atoms with van der Waals surface area (Å²) >= 11 is 13.5. The molecule has 0 spiro atoms. The molecule has 2 aromatic rings. The first-order valence-corrected chi connectivity index (χ1v) is 8.99. The Hall–Kier alpha value is -1.80. The van der Waals surface area contributed by atoms with Gasteiger partial charge >= 0.3 is 0 Å². The van der Waals surface area contributed by atoms with Crippen LogP contribution in [0.5, 0.6) is 5.75 Å². The second-order valence-corrected chi connectivity index (χ2v) is 7.42. The van der Waals surface area contributed by atoms with Gasteiger partial charge in [0.05, 0.1) is 10.9 Å². The molecule has 0 unspecified atom stereocenters. The molecule has 5 N–H and O–H groups in total. The topological polar surface area (TPSA) is 103 Å². The minimum atomic E-state index is -0.556. The molecule has 25 heavy (non-hydrogen) atoms. The number of hydrogen-bond acceptors (Lipinski definition) is 4. The summed E-state index contributed by atoms with van der Waals surface area (Å²) in [6.07, 6.45) is 0.822. The Labute approximate surface area is 159 Å². The maximum atomic E-state index is 12.2. The Balaban J connectivity index is 2.39. The highest BCUT2D eigenvalue weighted by Gasteiger charge is 2.14. The fourth-order valence-corrected chi connectivity index (χ4v) is 3.63. The van der Waals surface area contributed by atoms with Crippen molar-refractivity contribution >= 4 is 46.4 Å². The van der Waals surface area contributed by atoms with Gasteiger partial charge in [0.1, 0.15) is 10.1 Å². The molecular weight excluding hydrogens is 383 g/mol. The molecule has 1 amide bonds. The van der Waals surface area contributed by atoms with Crippen molar-refractivity contribution in [2.75, 3.05) is 20.2 Å². The smallest absolute Gasteiger partial charge is 0.280 e. The summed E-state index contributed by atoms with van der Waals surface area (Å²) in [5.74, 6) is -0.330. The van der Waals surface area contributed by atoms with Gasteiger partial charge in [0.2, 0.25) is 0 Å². The van der Waals surface area contributed by atoms with Crippen LogP contribution >= 0.6 is 34.5 Å². The molecule has 0 saturated carbocycles. The first-order chi connectivity index (χ1) is 11.9. The van der Waals surface area contributed by atoms with E-state index in [4.69, 9.17) is 39.4 Å². The quantitative estimate of drug-likeness (QED) is 0.376. The number of carbonyl (C=O) groups excluding carboxylic acids is 1. The molecule has 2 rings (SSSR count). The van der Waals surface area contributed by atoms with Crippen LogP contribution < -0.4 is 21.5 Å². The summed E-state index contributed by atoms with van der Waals surface area (Å²) in [6.45, 7) is 1.32. The van der Waals surface area contributed by atoms with E-state index in [2.05, 4.69) is 10.3 Å². The molecule has 0 aliphatic rings. The number of guanidine groups is 1. The lowest BCUT2D eigenvalue weighted by Crippen LogP contribution is -2.24. The van der Waals surface area contributed by atoms with Crippen molar-refractivity contribution in [1.82, 2.24) is 5.32 Å². The molecule has 134 valence electrons. The van der Waals surface area contributed by atoms with E-state index >= 15 is 0 Å². The van der Waals surface area contributed by atoms with Gasteiger partial charge in [0, 0.05) is 11.1 Å².